The summed E-state index contributed by atoms with van der Waals surface area (Å²) >= 11 is 0. The lowest BCUT2D eigenvalue weighted by Gasteiger charge is -2.33. The standard InChI is InChI=1S/C17H24O3/c1-3-11-17(16(19)20-4-2)12-7-9-13-8-5-6-10-14(13)15(17)18/h1,13-14H,4-12H2,2H3/t13?,14?,17-/m0/s1. The highest BCUT2D eigenvalue weighted by Crippen LogP contribution is 2.45. The maximum atomic E-state index is 13.0. The molecule has 3 heteroatoms. The average Bonchev–Trinajstić information content (AvgIpc) is 2.59. The van der Waals surface area contributed by atoms with Gasteiger partial charge in [0.2, 0.25) is 0 Å². The van der Waals surface area contributed by atoms with Crippen molar-refractivity contribution in [2.24, 2.45) is 17.3 Å². The molecule has 0 aromatic carbocycles. The monoisotopic (exact) mass is 276 g/mol. The van der Waals surface area contributed by atoms with Gasteiger partial charge in [-0.25, -0.2) is 0 Å². The second-order valence-electron chi connectivity index (χ2n) is 6.09. The molecule has 2 fully saturated rings. The van der Waals surface area contributed by atoms with Gasteiger partial charge in [0.25, 0.3) is 0 Å². The third-order valence-corrected chi connectivity index (χ3v) is 4.97. The van der Waals surface area contributed by atoms with Crippen LogP contribution in [-0.4, -0.2) is 18.4 Å². The molecule has 2 unspecified atom stereocenters. The first kappa shape index (κ1) is 15.1. The van der Waals surface area contributed by atoms with Crippen LogP contribution in [0.5, 0.6) is 0 Å². The molecule has 0 aliphatic heterocycles. The van der Waals surface area contributed by atoms with Gasteiger partial charge in [0.05, 0.1) is 6.61 Å². The van der Waals surface area contributed by atoms with Crippen molar-refractivity contribution in [3.8, 4) is 12.3 Å². The van der Waals surface area contributed by atoms with Crippen molar-refractivity contribution in [2.45, 2.75) is 58.3 Å². The lowest BCUT2D eigenvalue weighted by Crippen LogP contribution is -2.44. The number of terminal acetylenes is 1. The topological polar surface area (TPSA) is 43.4 Å². The van der Waals surface area contributed by atoms with Crippen molar-refractivity contribution in [1.82, 2.24) is 0 Å². The quantitative estimate of drug-likeness (QED) is 0.452. The largest absolute Gasteiger partial charge is 0.465 e. The molecule has 0 saturated heterocycles. The summed E-state index contributed by atoms with van der Waals surface area (Å²) in [6.45, 7) is 2.07. The average molecular weight is 276 g/mol. The van der Waals surface area contributed by atoms with E-state index >= 15 is 0 Å². The van der Waals surface area contributed by atoms with Crippen LogP contribution in [0.4, 0.5) is 0 Å². The van der Waals surface area contributed by atoms with Crippen LogP contribution in [0, 0.1) is 29.6 Å². The Hall–Kier alpha value is -1.30. The van der Waals surface area contributed by atoms with E-state index in [1.54, 1.807) is 6.92 Å². The summed E-state index contributed by atoms with van der Waals surface area (Å²) in [5, 5.41) is 0. The second-order valence-corrected chi connectivity index (χ2v) is 6.09. The van der Waals surface area contributed by atoms with Crippen molar-refractivity contribution >= 4 is 11.8 Å². The first-order chi connectivity index (χ1) is 9.65. The van der Waals surface area contributed by atoms with Crippen molar-refractivity contribution in [1.29, 1.82) is 0 Å². The Kier molecular flexibility index (Phi) is 4.86. The number of carbonyl (C=O) groups is 2. The molecule has 0 bridgehead atoms. The highest BCUT2D eigenvalue weighted by molar-refractivity contribution is 6.05. The highest BCUT2D eigenvalue weighted by atomic mass is 16.5. The maximum absolute atomic E-state index is 13.0. The van der Waals surface area contributed by atoms with Gasteiger partial charge in [-0.05, 0) is 38.5 Å². The predicted octanol–water partition coefficient (Wildman–Crippen LogP) is 3.12. The van der Waals surface area contributed by atoms with Crippen LogP contribution in [0.3, 0.4) is 0 Å². The minimum Gasteiger partial charge on any atom is -0.465 e. The zero-order valence-electron chi connectivity index (χ0n) is 12.3. The van der Waals surface area contributed by atoms with E-state index in [4.69, 9.17) is 11.2 Å². The molecule has 3 atom stereocenters. The molecule has 0 spiro atoms. The summed E-state index contributed by atoms with van der Waals surface area (Å²) in [4.78, 5) is 25.4. The van der Waals surface area contributed by atoms with Gasteiger partial charge >= 0.3 is 5.97 Å². The summed E-state index contributed by atoms with van der Waals surface area (Å²) in [5.74, 6) is 2.69. The molecular formula is C17H24O3. The number of hydrogen-bond donors (Lipinski definition) is 0. The Morgan fingerprint density at radius 3 is 2.75 bits per heavy atom. The van der Waals surface area contributed by atoms with Crippen molar-refractivity contribution in [3.05, 3.63) is 0 Å². The van der Waals surface area contributed by atoms with Crippen LogP contribution in [0.1, 0.15) is 58.3 Å². The predicted molar refractivity (Wildman–Crippen MR) is 76.8 cm³/mol. The van der Waals surface area contributed by atoms with Gasteiger partial charge in [0, 0.05) is 12.3 Å². The molecule has 0 amide bonds. The molecule has 0 radical (unpaired) electrons. The smallest absolute Gasteiger partial charge is 0.320 e. The van der Waals surface area contributed by atoms with Gasteiger partial charge in [-0.1, -0.05) is 19.3 Å². The first-order valence-corrected chi connectivity index (χ1v) is 7.80. The van der Waals surface area contributed by atoms with E-state index in [0.29, 0.717) is 18.9 Å². The van der Waals surface area contributed by atoms with Crippen LogP contribution in [-0.2, 0) is 14.3 Å². The van der Waals surface area contributed by atoms with E-state index in [0.717, 1.165) is 32.1 Å². The molecule has 2 saturated carbocycles. The van der Waals surface area contributed by atoms with E-state index in [2.05, 4.69) is 5.92 Å². The zero-order chi connectivity index (χ0) is 14.6. The van der Waals surface area contributed by atoms with Crippen LogP contribution < -0.4 is 0 Å². The van der Waals surface area contributed by atoms with Crippen LogP contribution in [0.25, 0.3) is 0 Å². The van der Waals surface area contributed by atoms with E-state index < -0.39 is 11.4 Å². The van der Waals surface area contributed by atoms with E-state index in [1.807, 2.05) is 0 Å². The normalized spacial score (nSPS) is 33.7. The fraction of sp³-hybridized carbons (Fsp3) is 0.765. The van der Waals surface area contributed by atoms with E-state index in [9.17, 15) is 9.59 Å². The fourth-order valence-electron chi connectivity index (χ4n) is 3.94. The van der Waals surface area contributed by atoms with Crippen molar-refractivity contribution in [3.63, 3.8) is 0 Å². The van der Waals surface area contributed by atoms with Gasteiger partial charge in [-0.2, -0.15) is 0 Å². The number of rotatable bonds is 3. The Morgan fingerprint density at radius 1 is 1.35 bits per heavy atom. The fourth-order valence-corrected chi connectivity index (χ4v) is 3.94. The van der Waals surface area contributed by atoms with Gasteiger partial charge in [0.1, 0.15) is 5.41 Å². The molecule has 110 valence electrons. The Balaban J connectivity index is 2.32. The molecule has 0 aromatic rings. The molecular weight excluding hydrogens is 252 g/mol. The number of fused-ring (bicyclic) bond motifs is 1. The lowest BCUT2D eigenvalue weighted by molar-refractivity contribution is -0.162. The molecule has 0 heterocycles. The minimum absolute atomic E-state index is 0.0176. The van der Waals surface area contributed by atoms with Gasteiger partial charge in [-0.3, -0.25) is 9.59 Å². The molecule has 3 nitrogen and oxygen atoms in total. The summed E-state index contributed by atoms with van der Waals surface area (Å²) in [6.07, 6.45) is 12.5. The third-order valence-electron chi connectivity index (χ3n) is 4.97. The van der Waals surface area contributed by atoms with Crippen molar-refractivity contribution < 1.29 is 14.3 Å². The van der Waals surface area contributed by atoms with E-state index in [-0.39, 0.29) is 18.1 Å². The van der Waals surface area contributed by atoms with E-state index in [1.165, 1.54) is 6.42 Å². The zero-order valence-corrected chi connectivity index (χ0v) is 12.3. The summed E-state index contributed by atoms with van der Waals surface area (Å²) < 4.78 is 5.19. The number of hydrogen-bond acceptors (Lipinski definition) is 3. The molecule has 2 rings (SSSR count). The second kappa shape index (κ2) is 6.43. The number of esters is 1. The number of ketones is 1. The van der Waals surface area contributed by atoms with Crippen LogP contribution >= 0.6 is 0 Å². The molecule has 2 aliphatic carbocycles. The third kappa shape index (κ3) is 2.61. The Morgan fingerprint density at radius 2 is 2.05 bits per heavy atom. The minimum atomic E-state index is -1.07. The summed E-state index contributed by atoms with van der Waals surface area (Å²) in [7, 11) is 0. The van der Waals surface area contributed by atoms with Crippen LogP contribution in [0.15, 0.2) is 0 Å². The lowest BCUT2D eigenvalue weighted by atomic mass is 9.68. The molecule has 0 N–H and O–H groups in total. The highest BCUT2D eigenvalue weighted by Gasteiger charge is 2.52. The summed E-state index contributed by atoms with van der Waals surface area (Å²) in [6, 6.07) is 0. The molecule has 0 aromatic heterocycles. The number of Topliss-reactive ketones (excluding diaryl/α,β-unsaturated/α-hetero) is 1. The first-order valence-electron chi connectivity index (χ1n) is 7.80. The number of carbonyl (C=O) groups excluding carboxylic acids is 2. The Bertz CT molecular complexity index is 420. The van der Waals surface area contributed by atoms with Crippen LogP contribution in [0.2, 0.25) is 0 Å². The SMILES string of the molecule is C#CC[C@]1(C(=O)OCC)CCCC2CCCCC2C1=O. The van der Waals surface area contributed by atoms with Crippen molar-refractivity contribution in [2.75, 3.05) is 6.61 Å². The maximum Gasteiger partial charge on any atom is 0.320 e. The van der Waals surface area contributed by atoms with Gasteiger partial charge in [0.15, 0.2) is 5.78 Å². The molecule has 2 aliphatic rings. The molecule has 20 heavy (non-hydrogen) atoms. The van der Waals surface area contributed by atoms with Gasteiger partial charge in [-0.15, -0.1) is 12.3 Å². The number of ether oxygens (including phenoxy) is 1. The van der Waals surface area contributed by atoms with Gasteiger partial charge < -0.3 is 4.74 Å². The summed E-state index contributed by atoms with van der Waals surface area (Å²) in [5.41, 5.74) is -1.07. The Labute approximate surface area is 121 Å².